The van der Waals surface area contributed by atoms with Crippen molar-refractivity contribution in [2.45, 2.75) is 13.0 Å². The second kappa shape index (κ2) is 7.60. The van der Waals surface area contributed by atoms with Crippen LogP contribution in [-0.2, 0) is 0 Å². The summed E-state index contributed by atoms with van der Waals surface area (Å²) in [6, 6.07) is 10.9. The third-order valence-corrected chi connectivity index (χ3v) is 3.31. The normalized spacial score (nSPS) is 11.7. The number of anilines is 1. The van der Waals surface area contributed by atoms with Crippen molar-refractivity contribution in [3.8, 4) is 5.75 Å². The van der Waals surface area contributed by atoms with Crippen molar-refractivity contribution in [2.24, 2.45) is 0 Å². The minimum Gasteiger partial charge on any atom is -0.497 e. The number of nitrogens with one attached hydrogen (secondary N) is 2. The molecular formula is C17H19FN2O3. The van der Waals surface area contributed by atoms with Crippen molar-refractivity contribution in [1.29, 1.82) is 0 Å². The van der Waals surface area contributed by atoms with Crippen molar-refractivity contribution >= 4 is 11.7 Å². The molecule has 2 amide bonds. The fourth-order valence-electron chi connectivity index (χ4n) is 2.04. The van der Waals surface area contributed by atoms with Crippen LogP contribution in [0.25, 0.3) is 0 Å². The highest BCUT2D eigenvalue weighted by Crippen LogP contribution is 2.19. The number of amides is 2. The van der Waals surface area contributed by atoms with Crippen molar-refractivity contribution in [3.63, 3.8) is 0 Å². The molecule has 0 saturated carbocycles. The number of aliphatic hydroxyl groups is 1. The van der Waals surface area contributed by atoms with Crippen molar-refractivity contribution < 1.29 is 19.0 Å². The van der Waals surface area contributed by atoms with Crippen LogP contribution in [0.2, 0.25) is 0 Å². The monoisotopic (exact) mass is 318 g/mol. The van der Waals surface area contributed by atoms with Crippen molar-refractivity contribution in [1.82, 2.24) is 5.32 Å². The van der Waals surface area contributed by atoms with E-state index in [2.05, 4.69) is 10.6 Å². The molecule has 3 N–H and O–H groups in total. The first-order valence-corrected chi connectivity index (χ1v) is 7.12. The van der Waals surface area contributed by atoms with Crippen LogP contribution in [0.15, 0.2) is 42.5 Å². The molecule has 0 aliphatic heterocycles. The van der Waals surface area contributed by atoms with Crippen molar-refractivity contribution in [2.75, 3.05) is 19.0 Å². The SMILES string of the molecule is COc1cccc(C(O)CNC(=O)Nc2ccc(C)cc2F)c1. The zero-order valence-corrected chi connectivity index (χ0v) is 13.0. The Kier molecular flexibility index (Phi) is 5.54. The third-order valence-electron chi connectivity index (χ3n) is 3.31. The van der Waals surface area contributed by atoms with Gasteiger partial charge in [-0.05, 0) is 42.3 Å². The number of aryl methyl sites for hydroxylation is 1. The van der Waals surface area contributed by atoms with Crippen molar-refractivity contribution in [3.05, 3.63) is 59.4 Å². The fraction of sp³-hybridized carbons (Fsp3) is 0.235. The van der Waals surface area contributed by atoms with Gasteiger partial charge in [-0.2, -0.15) is 0 Å². The summed E-state index contributed by atoms with van der Waals surface area (Å²) in [5.74, 6) is 0.112. The topological polar surface area (TPSA) is 70.6 Å². The third kappa shape index (κ3) is 4.69. The molecule has 2 rings (SSSR count). The van der Waals surface area contributed by atoms with Crippen LogP contribution in [0.3, 0.4) is 0 Å². The molecule has 0 saturated heterocycles. The minimum absolute atomic E-state index is 0.00746. The van der Waals surface area contributed by atoms with E-state index in [9.17, 15) is 14.3 Å². The Labute approximate surface area is 134 Å². The Balaban J connectivity index is 1.90. The van der Waals surface area contributed by atoms with E-state index in [0.717, 1.165) is 5.56 Å². The number of carbonyl (C=O) groups is 1. The molecule has 23 heavy (non-hydrogen) atoms. The molecule has 0 bridgehead atoms. The second-order valence-electron chi connectivity index (χ2n) is 5.11. The molecular weight excluding hydrogens is 299 g/mol. The molecule has 5 nitrogen and oxygen atoms in total. The van der Waals surface area contributed by atoms with Gasteiger partial charge in [0.2, 0.25) is 0 Å². The Hall–Kier alpha value is -2.60. The summed E-state index contributed by atoms with van der Waals surface area (Å²) in [7, 11) is 1.54. The summed E-state index contributed by atoms with van der Waals surface area (Å²) < 4.78 is 18.7. The summed E-state index contributed by atoms with van der Waals surface area (Å²) in [5.41, 5.74) is 1.47. The average Bonchev–Trinajstić information content (AvgIpc) is 2.55. The van der Waals surface area contributed by atoms with Gasteiger partial charge in [-0.25, -0.2) is 9.18 Å². The van der Waals surface area contributed by atoms with Gasteiger partial charge in [-0.3, -0.25) is 0 Å². The number of benzene rings is 2. The molecule has 0 aromatic heterocycles. The quantitative estimate of drug-likeness (QED) is 0.793. The second-order valence-corrected chi connectivity index (χ2v) is 5.11. The first-order chi connectivity index (χ1) is 11.0. The van der Waals surface area contributed by atoms with Crippen LogP contribution in [-0.4, -0.2) is 24.8 Å². The minimum atomic E-state index is -0.890. The van der Waals surface area contributed by atoms with Gasteiger partial charge in [0.05, 0.1) is 18.9 Å². The molecule has 0 spiro atoms. The maximum absolute atomic E-state index is 13.7. The molecule has 1 atom stereocenters. The van der Waals surface area contributed by atoms with Gasteiger partial charge in [0.25, 0.3) is 0 Å². The summed E-state index contributed by atoms with van der Waals surface area (Å²) in [6.45, 7) is 1.75. The van der Waals surface area contributed by atoms with E-state index >= 15 is 0 Å². The van der Waals surface area contributed by atoms with Crippen LogP contribution in [0.4, 0.5) is 14.9 Å². The highest BCUT2D eigenvalue weighted by molar-refractivity contribution is 5.89. The van der Waals surface area contributed by atoms with Gasteiger partial charge in [-0.1, -0.05) is 18.2 Å². The predicted octanol–water partition coefficient (Wildman–Crippen LogP) is 3.00. The molecule has 2 aromatic carbocycles. The predicted molar refractivity (Wildman–Crippen MR) is 86.1 cm³/mol. The number of halogens is 1. The van der Waals surface area contributed by atoms with E-state index in [1.807, 2.05) is 0 Å². The summed E-state index contributed by atoms with van der Waals surface area (Å²) >= 11 is 0. The molecule has 0 fully saturated rings. The van der Waals surface area contributed by atoms with Gasteiger partial charge in [0.1, 0.15) is 11.6 Å². The maximum atomic E-state index is 13.7. The lowest BCUT2D eigenvalue weighted by molar-refractivity contribution is 0.174. The Bertz CT molecular complexity index is 691. The molecule has 0 aliphatic rings. The number of aliphatic hydroxyl groups excluding tert-OH is 1. The Morgan fingerprint density at radius 1 is 1.30 bits per heavy atom. The van der Waals surface area contributed by atoms with Crippen LogP contribution in [0, 0.1) is 12.7 Å². The van der Waals surface area contributed by atoms with Crippen LogP contribution in [0.1, 0.15) is 17.2 Å². The lowest BCUT2D eigenvalue weighted by atomic mass is 10.1. The molecule has 1 unspecified atom stereocenters. The maximum Gasteiger partial charge on any atom is 0.319 e. The zero-order chi connectivity index (χ0) is 16.8. The van der Waals surface area contributed by atoms with E-state index in [1.165, 1.54) is 19.2 Å². The number of hydrogen-bond donors (Lipinski definition) is 3. The molecule has 0 radical (unpaired) electrons. The Morgan fingerprint density at radius 3 is 2.78 bits per heavy atom. The number of carbonyl (C=O) groups excluding carboxylic acids is 1. The molecule has 6 heteroatoms. The molecule has 2 aromatic rings. The highest BCUT2D eigenvalue weighted by Gasteiger charge is 2.11. The number of rotatable bonds is 5. The average molecular weight is 318 g/mol. The number of urea groups is 1. The van der Waals surface area contributed by atoms with E-state index in [-0.39, 0.29) is 12.2 Å². The summed E-state index contributed by atoms with van der Waals surface area (Å²) in [5, 5.41) is 15.0. The standard InChI is InChI=1S/C17H19FN2O3/c1-11-6-7-15(14(18)8-11)20-17(22)19-10-16(21)12-4-3-5-13(9-12)23-2/h3-9,16,21H,10H2,1-2H3,(H2,19,20,22). The first-order valence-electron chi connectivity index (χ1n) is 7.12. The number of methoxy groups -OCH3 is 1. The van der Waals surface area contributed by atoms with Gasteiger partial charge >= 0.3 is 6.03 Å². The van der Waals surface area contributed by atoms with E-state index in [0.29, 0.717) is 11.3 Å². The molecule has 0 aliphatic carbocycles. The van der Waals surface area contributed by atoms with Gasteiger partial charge in [-0.15, -0.1) is 0 Å². The largest absolute Gasteiger partial charge is 0.497 e. The highest BCUT2D eigenvalue weighted by atomic mass is 19.1. The van der Waals surface area contributed by atoms with Gasteiger partial charge < -0.3 is 20.5 Å². The number of ether oxygens (including phenoxy) is 1. The van der Waals surface area contributed by atoms with Gasteiger partial charge in [0.15, 0.2) is 0 Å². The Morgan fingerprint density at radius 2 is 2.09 bits per heavy atom. The van der Waals surface area contributed by atoms with Crippen LogP contribution >= 0.6 is 0 Å². The molecule has 122 valence electrons. The van der Waals surface area contributed by atoms with E-state index in [4.69, 9.17) is 4.74 Å². The first kappa shape index (κ1) is 16.8. The lowest BCUT2D eigenvalue weighted by Crippen LogP contribution is -2.32. The smallest absolute Gasteiger partial charge is 0.319 e. The summed E-state index contributed by atoms with van der Waals surface area (Å²) in [6.07, 6.45) is -0.890. The van der Waals surface area contributed by atoms with E-state index < -0.39 is 18.0 Å². The van der Waals surface area contributed by atoms with E-state index in [1.54, 1.807) is 37.3 Å². The van der Waals surface area contributed by atoms with Crippen LogP contribution < -0.4 is 15.4 Å². The van der Waals surface area contributed by atoms with Gasteiger partial charge in [0, 0.05) is 6.54 Å². The number of hydrogen-bond acceptors (Lipinski definition) is 3. The van der Waals surface area contributed by atoms with Crippen LogP contribution in [0.5, 0.6) is 5.75 Å². The lowest BCUT2D eigenvalue weighted by Gasteiger charge is -2.14. The summed E-state index contributed by atoms with van der Waals surface area (Å²) in [4.78, 5) is 11.8. The molecule has 0 heterocycles. The fourth-order valence-corrected chi connectivity index (χ4v) is 2.04. The zero-order valence-electron chi connectivity index (χ0n) is 13.0.